The number of benzene rings is 1. The van der Waals surface area contributed by atoms with Crippen molar-refractivity contribution in [2.24, 2.45) is 0 Å². The van der Waals surface area contributed by atoms with Gasteiger partial charge in [0.25, 0.3) is 0 Å². The minimum atomic E-state index is 0.133. The monoisotopic (exact) mass is 285 g/mol. The number of furan rings is 1. The highest BCUT2D eigenvalue weighted by Crippen LogP contribution is 2.26. The topological polar surface area (TPSA) is 42.7 Å². The number of hydrogen-bond acceptors (Lipinski definition) is 4. The highest BCUT2D eigenvalue weighted by atomic mass is 16.5. The third-order valence-corrected chi connectivity index (χ3v) is 3.83. The Bertz CT molecular complexity index is 660. The molecule has 1 aromatic carbocycles. The molecule has 0 atom stereocenters. The van der Waals surface area contributed by atoms with Crippen molar-refractivity contribution in [2.75, 3.05) is 20.2 Å². The Balaban J connectivity index is 1.64. The van der Waals surface area contributed by atoms with Gasteiger partial charge in [0.05, 0.1) is 19.4 Å². The van der Waals surface area contributed by atoms with Gasteiger partial charge in [-0.1, -0.05) is 0 Å². The quantitative estimate of drug-likeness (QED) is 0.792. The molecule has 0 saturated carbocycles. The Hall–Kier alpha value is -2.07. The van der Waals surface area contributed by atoms with E-state index in [9.17, 15) is 4.79 Å². The predicted molar refractivity (Wildman–Crippen MR) is 79.8 cm³/mol. The molecule has 0 spiro atoms. The van der Waals surface area contributed by atoms with Crippen LogP contribution in [0.15, 0.2) is 34.9 Å². The lowest BCUT2D eigenvalue weighted by atomic mass is 10.1. The van der Waals surface area contributed by atoms with E-state index in [0.717, 1.165) is 34.6 Å². The van der Waals surface area contributed by atoms with E-state index in [1.165, 1.54) is 0 Å². The summed E-state index contributed by atoms with van der Waals surface area (Å²) in [6, 6.07) is 7.66. The van der Waals surface area contributed by atoms with Crippen molar-refractivity contribution in [3.05, 3.63) is 53.0 Å². The number of ether oxygens (including phenoxy) is 1. The van der Waals surface area contributed by atoms with Crippen LogP contribution in [0.4, 0.5) is 0 Å². The molecular weight excluding hydrogens is 266 g/mol. The number of fused-ring (bicyclic) bond motifs is 1. The number of carbonyl (C=O) groups excluding carboxylic acids is 1. The van der Waals surface area contributed by atoms with Gasteiger partial charge in [-0.2, -0.15) is 0 Å². The van der Waals surface area contributed by atoms with Crippen LogP contribution >= 0.6 is 0 Å². The van der Waals surface area contributed by atoms with E-state index < -0.39 is 0 Å². The summed E-state index contributed by atoms with van der Waals surface area (Å²) < 4.78 is 10.7. The molecule has 1 aliphatic heterocycles. The fourth-order valence-electron chi connectivity index (χ4n) is 2.62. The van der Waals surface area contributed by atoms with E-state index in [0.29, 0.717) is 19.7 Å². The summed E-state index contributed by atoms with van der Waals surface area (Å²) in [5.74, 6) is 1.95. The molecule has 0 N–H and O–H groups in total. The second kappa shape index (κ2) is 5.74. The minimum absolute atomic E-state index is 0.133. The number of rotatable bonds is 5. The summed E-state index contributed by atoms with van der Waals surface area (Å²) in [6.07, 6.45) is 2.57. The molecule has 0 saturated heterocycles. The molecule has 0 aliphatic carbocycles. The normalized spacial score (nSPS) is 13.3. The van der Waals surface area contributed by atoms with Crippen LogP contribution in [0.25, 0.3) is 0 Å². The van der Waals surface area contributed by atoms with Crippen LogP contribution in [-0.2, 0) is 13.0 Å². The number of Topliss-reactive ketones (excluding diaryl/α,β-unsaturated/α-hetero) is 1. The van der Waals surface area contributed by atoms with Gasteiger partial charge in [-0.25, -0.2) is 0 Å². The molecule has 1 aromatic heterocycles. The molecular formula is C17H19NO3. The zero-order chi connectivity index (χ0) is 14.8. The maximum absolute atomic E-state index is 12.4. The lowest BCUT2D eigenvalue weighted by Gasteiger charge is -2.15. The summed E-state index contributed by atoms with van der Waals surface area (Å²) in [4.78, 5) is 14.4. The van der Waals surface area contributed by atoms with Gasteiger partial charge in [-0.3, -0.25) is 9.69 Å². The first-order valence-electron chi connectivity index (χ1n) is 7.14. The van der Waals surface area contributed by atoms with Gasteiger partial charge in [0, 0.05) is 24.1 Å². The van der Waals surface area contributed by atoms with Gasteiger partial charge in [0.2, 0.25) is 0 Å². The number of likely N-dealkylation sites (N-methyl/N-ethyl adjacent to an activating group) is 1. The lowest BCUT2D eigenvalue weighted by Crippen LogP contribution is -2.25. The van der Waals surface area contributed by atoms with Crippen molar-refractivity contribution in [3.8, 4) is 5.75 Å². The second-order valence-corrected chi connectivity index (χ2v) is 5.52. The molecule has 2 aromatic rings. The molecule has 4 nitrogen and oxygen atoms in total. The maximum atomic E-state index is 12.4. The van der Waals surface area contributed by atoms with Crippen molar-refractivity contribution in [1.82, 2.24) is 4.90 Å². The number of nitrogens with zero attached hydrogens (tertiary/aromatic N) is 1. The molecule has 110 valence electrons. The largest absolute Gasteiger partial charge is 0.493 e. The van der Waals surface area contributed by atoms with Crippen LogP contribution in [0.5, 0.6) is 5.75 Å². The van der Waals surface area contributed by atoms with E-state index in [2.05, 4.69) is 0 Å². The molecule has 0 fully saturated rings. The molecule has 0 amide bonds. The third kappa shape index (κ3) is 3.00. The fourth-order valence-corrected chi connectivity index (χ4v) is 2.62. The van der Waals surface area contributed by atoms with Gasteiger partial charge in [0.1, 0.15) is 11.5 Å². The van der Waals surface area contributed by atoms with E-state index in [1.54, 1.807) is 6.26 Å². The molecule has 21 heavy (non-hydrogen) atoms. The Morgan fingerprint density at radius 1 is 1.33 bits per heavy atom. The highest BCUT2D eigenvalue weighted by Gasteiger charge is 2.16. The fraction of sp³-hybridized carbons (Fsp3) is 0.353. The predicted octanol–water partition coefficient (Wildman–Crippen LogP) is 2.84. The van der Waals surface area contributed by atoms with Crippen LogP contribution in [-0.4, -0.2) is 30.9 Å². The van der Waals surface area contributed by atoms with Crippen LogP contribution in [0, 0.1) is 6.92 Å². The molecule has 0 bridgehead atoms. The first-order valence-corrected chi connectivity index (χ1v) is 7.14. The highest BCUT2D eigenvalue weighted by molar-refractivity contribution is 5.98. The van der Waals surface area contributed by atoms with Gasteiger partial charge in [0.15, 0.2) is 5.78 Å². The Labute approximate surface area is 124 Å². The van der Waals surface area contributed by atoms with E-state index in [-0.39, 0.29) is 5.78 Å². The van der Waals surface area contributed by atoms with Gasteiger partial charge >= 0.3 is 0 Å². The molecule has 1 aliphatic rings. The van der Waals surface area contributed by atoms with Gasteiger partial charge in [-0.05, 0) is 43.8 Å². The number of hydrogen-bond donors (Lipinski definition) is 0. The minimum Gasteiger partial charge on any atom is -0.493 e. The Kier molecular flexibility index (Phi) is 3.80. The smallest absolute Gasteiger partial charge is 0.176 e. The second-order valence-electron chi connectivity index (χ2n) is 5.52. The molecule has 3 rings (SSSR count). The van der Waals surface area contributed by atoms with E-state index in [4.69, 9.17) is 9.15 Å². The van der Waals surface area contributed by atoms with E-state index >= 15 is 0 Å². The van der Waals surface area contributed by atoms with Crippen LogP contribution in [0.3, 0.4) is 0 Å². The van der Waals surface area contributed by atoms with Crippen molar-refractivity contribution in [1.29, 1.82) is 0 Å². The van der Waals surface area contributed by atoms with Crippen molar-refractivity contribution < 1.29 is 13.9 Å². The summed E-state index contributed by atoms with van der Waals surface area (Å²) in [6.45, 7) is 3.75. The van der Waals surface area contributed by atoms with Gasteiger partial charge in [-0.15, -0.1) is 0 Å². The Morgan fingerprint density at radius 3 is 2.95 bits per heavy atom. The lowest BCUT2D eigenvalue weighted by molar-refractivity contribution is 0.0942. The van der Waals surface area contributed by atoms with E-state index in [1.807, 2.05) is 43.1 Å². The molecule has 4 heteroatoms. The standard InChI is InChI=1S/C17H19NO3/c1-12-15(6-7-20-12)10-18(2)11-16(19)13-3-4-17-14(9-13)5-8-21-17/h3-4,6-7,9H,5,8,10-11H2,1-2H3. The van der Waals surface area contributed by atoms with Gasteiger partial charge < -0.3 is 9.15 Å². The number of ketones is 1. The zero-order valence-corrected chi connectivity index (χ0v) is 12.4. The summed E-state index contributed by atoms with van der Waals surface area (Å²) in [5.41, 5.74) is 3.01. The number of carbonyl (C=O) groups is 1. The average Bonchev–Trinajstić information content (AvgIpc) is 3.07. The molecule has 2 heterocycles. The SMILES string of the molecule is Cc1occc1CN(C)CC(=O)c1ccc2c(c1)CCO2. The first-order chi connectivity index (χ1) is 10.1. The molecule has 0 unspecified atom stereocenters. The summed E-state index contributed by atoms with van der Waals surface area (Å²) in [7, 11) is 1.95. The first kappa shape index (κ1) is 13.9. The molecule has 0 radical (unpaired) electrons. The van der Waals surface area contributed by atoms with Crippen LogP contribution < -0.4 is 4.74 Å². The summed E-state index contributed by atoms with van der Waals surface area (Å²) in [5, 5.41) is 0. The van der Waals surface area contributed by atoms with Crippen molar-refractivity contribution >= 4 is 5.78 Å². The average molecular weight is 285 g/mol. The Morgan fingerprint density at radius 2 is 2.19 bits per heavy atom. The number of aryl methyl sites for hydroxylation is 1. The summed E-state index contributed by atoms with van der Waals surface area (Å²) >= 11 is 0. The van der Waals surface area contributed by atoms with Crippen LogP contribution in [0.1, 0.15) is 27.2 Å². The van der Waals surface area contributed by atoms with Crippen molar-refractivity contribution in [3.63, 3.8) is 0 Å². The third-order valence-electron chi connectivity index (χ3n) is 3.83. The van der Waals surface area contributed by atoms with Crippen LogP contribution in [0.2, 0.25) is 0 Å². The zero-order valence-electron chi connectivity index (χ0n) is 12.4. The maximum Gasteiger partial charge on any atom is 0.176 e. The van der Waals surface area contributed by atoms with Crippen molar-refractivity contribution in [2.45, 2.75) is 19.9 Å².